The lowest BCUT2D eigenvalue weighted by molar-refractivity contribution is 0.102. The van der Waals surface area contributed by atoms with Crippen molar-refractivity contribution in [2.75, 3.05) is 18.4 Å². The van der Waals surface area contributed by atoms with Gasteiger partial charge in [-0.1, -0.05) is 32.0 Å². The fraction of sp³-hybridized carbons (Fsp3) is 0.304. The van der Waals surface area contributed by atoms with Crippen LogP contribution >= 0.6 is 0 Å². The highest BCUT2D eigenvalue weighted by Gasteiger charge is 2.16. The highest BCUT2D eigenvalue weighted by atomic mass is 32.2. The third-order valence-electron chi connectivity index (χ3n) is 4.75. The van der Waals surface area contributed by atoms with E-state index in [9.17, 15) is 9.00 Å². The number of aromatic nitrogens is 2. The van der Waals surface area contributed by atoms with Gasteiger partial charge in [-0.25, -0.2) is 13.2 Å². The Kier molecular flexibility index (Phi) is 7.54. The number of hydrogen-bond donors (Lipinski definition) is 1. The molecule has 1 unspecified atom stereocenters. The summed E-state index contributed by atoms with van der Waals surface area (Å²) in [6.45, 7) is 7.63. The predicted octanol–water partition coefficient (Wildman–Crippen LogP) is 4.58. The molecule has 0 aliphatic rings. The highest BCUT2D eigenvalue weighted by Crippen LogP contribution is 2.19. The standard InChI is InChI=1S/C23H28N4O2S/c1-4-15-26(16-5-2)30(29)21-13-11-19(12-14-21)25-23(28)22-17-24-27(18(22)3)20-9-7-6-8-10-20/h6-14,17H,4-5,15-16H2,1-3H3,(H,25,28). The Morgan fingerprint density at radius 3 is 2.27 bits per heavy atom. The Morgan fingerprint density at radius 2 is 1.67 bits per heavy atom. The molecule has 1 heterocycles. The summed E-state index contributed by atoms with van der Waals surface area (Å²) in [6, 6.07) is 16.9. The number of amides is 1. The van der Waals surface area contributed by atoms with Gasteiger partial charge in [0.1, 0.15) is 11.0 Å². The Hall–Kier alpha value is -2.77. The molecule has 6 nitrogen and oxygen atoms in total. The van der Waals surface area contributed by atoms with Gasteiger partial charge in [-0.15, -0.1) is 0 Å². The first kappa shape index (κ1) is 21.9. The molecule has 7 heteroatoms. The van der Waals surface area contributed by atoms with Gasteiger partial charge in [0.05, 0.1) is 28.0 Å². The maximum atomic E-state index is 12.8. The van der Waals surface area contributed by atoms with Crippen molar-refractivity contribution in [2.24, 2.45) is 0 Å². The monoisotopic (exact) mass is 424 g/mol. The molecular weight excluding hydrogens is 396 g/mol. The molecule has 1 amide bonds. The lowest BCUT2D eigenvalue weighted by atomic mass is 10.2. The summed E-state index contributed by atoms with van der Waals surface area (Å²) in [4.78, 5) is 13.5. The number of carbonyl (C=O) groups excluding carboxylic acids is 1. The predicted molar refractivity (Wildman–Crippen MR) is 121 cm³/mol. The van der Waals surface area contributed by atoms with Gasteiger partial charge >= 0.3 is 0 Å². The van der Waals surface area contributed by atoms with Gasteiger partial charge < -0.3 is 5.32 Å². The summed E-state index contributed by atoms with van der Waals surface area (Å²) < 4.78 is 16.5. The van der Waals surface area contributed by atoms with Crippen molar-refractivity contribution in [3.05, 3.63) is 72.1 Å². The molecular formula is C23H28N4O2S. The molecule has 2 aromatic carbocycles. The summed E-state index contributed by atoms with van der Waals surface area (Å²) in [5, 5.41) is 7.26. The summed E-state index contributed by atoms with van der Waals surface area (Å²) >= 11 is 0. The van der Waals surface area contributed by atoms with Crippen LogP contribution in [0.15, 0.2) is 65.7 Å². The van der Waals surface area contributed by atoms with Crippen molar-refractivity contribution in [1.82, 2.24) is 14.1 Å². The lowest BCUT2D eigenvalue weighted by Crippen LogP contribution is -2.27. The average molecular weight is 425 g/mol. The van der Waals surface area contributed by atoms with Crippen molar-refractivity contribution in [2.45, 2.75) is 38.5 Å². The van der Waals surface area contributed by atoms with Crippen LogP contribution in [0.3, 0.4) is 0 Å². The van der Waals surface area contributed by atoms with Crippen molar-refractivity contribution in [1.29, 1.82) is 0 Å². The van der Waals surface area contributed by atoms with E-state index in [4.69, 9.17) is 0 Å². The highest BCUT2D eigenvalue weighted by molar-refractivity contribution is 7.82. The van der Waals surface area contributed by atoms with Crippen LogP contribution in [0.2, 0.25) is 0 Å². The van der Waals surface area contributed by atoms with Crippen molar-refractivity contribution in [3.8, 4) is 5.69 Å². The number of nitrogens with one attached hydrogen (secondary N) is 1. The zero-order chi connectivity index (χ0) is 21.5. The number of anilines is 1. The van der Waals surface area contributed by atoms with Gasteiger partial charge in [-0.2, -0.15) is 5.10 Å². The molecule has 0 saturated heterocycles. The topological polar surface area (TPSA) is 67.2 Å². The van der Waals surface area contributed by atoms with Crippen LogP contribution in [0.1, 0.15) is 42.7 Å². The van der Waals surface area contributed by atoms with E-state index in [2.05, 4.69) is 24.3 Å². The quantitative estimate of drug-likeness (QED) is 0.547. The zero-order valence-electron chi connectivity index (χ0n) is 17.7. The van der Waals surface area contributed by atoms with Gasteiger partial charge in [0.2, 0.25) is 0 Å². The van der Waals surface area contributed by atoms with Gasteiger partial charge in [0.15, 0.2) is 0 Å². The van der Waals surface area contributed by atoms with Crippen LogP contribution in [-0.4, -0.2) is 37.3 Å². The van der Waals surface area contributed by atoms with Crippen LogP contribution in [0, 0.1) is 6.92 Å². The molecule has 3 rings (SSSR count). The number of benzene rings is 2. The van der Waals surface area contributed by atoms with E-state index in [1.165, 1.54) is 0 Å². The van der Waals surface area contributed by atoms with Gasteiger partial charge in [-0.05, 0) is 56.2 Å². The first-order chi connectivity index (χ1) is 14.5. The second-order valence-electron chi connectivity index (χ2n) is 7.05. The van der Waals surface area contributed by atoms with Crippen LogP contribution in [0.5, 0.6) is 0 Å². The largest absolute Gasteiger partial charge is 0.322 e. The molecule has 0 bridgehead atoms. The Balaban J connectivity index is 1.71. The maximum Gasteiger partial charge on any atom is 0.259 e. The second kappa shape index (κ2) is 10.3. The molecule has 0 fully saturated rings. The van der Waals surface area contributed by atoms with Crippen LogP contribution in [0.4, 0.5) is 5.69 Å². The second-order valence-corrected chi connectivity index (χ2v) is 8.53. The Labute approximate surface area is 180 Å². The molecule has 1 aromatic heterocycles. The zero-order valence-corrected chi connectivity index (χ0v) is 18.5. The van der Waals surface area contributed by atoms with Crippen molar-refractivity contribution < 1.29 is 9.00 Å². The number of para-hydroxylation sites is 1. The van der Waals surface area contributed by atoms with Gasteiger partial charge in [-0.3, -0.25) is 4.79 Å². The first-order valence-corrected chi connectivity index (χ1v) is 11.3. The van der Waals surface area contributed by atoms with Crippen molar-refractivity contribution in [3.63, 3.8) is 0 Å². The van der Waals surface area contributed by atoms with E-state index in [0.717, 1.165) is 42.2 Å². The minimum atomic E-state index is -1.19. The summed E-state index contributed by atoms with van der Waals surface area (Å²) in [5.41, 5.74) is 2.85. The van der Waals surface area contributed by atoms with E-state index in [1.807, 2.05) is 53.7 Å². The molecule has 0 radical (unpaired) electrons. The third kappa shape index (κ3) is 5.04. The minimum absolute atomic E-state index is 0.220. The minimum Gasteiger partial charge on any atom is -0.322 e. The van der Waals surface area contributed by atoms with Gasteiger partial charge in [0, 0.05) is 18.8 Å². The summed E-state index contributed by atoms with van der Waals surface area (Å²) in [7, 11) is -1.19. The number of rotatable bonds is 9. The van der Waals surface area contributed by atoms with E-state index in [1.54, 1.807) is 23.0 Å². The van der Waals surface area contributed by atoms with E-state index in [0.29, 0.717) is 11.3 Å². The average Bonchev–Trinajstić information content (AvgIpc) is 3.15. The molecule has 1 N–H and O–H groups in total. The van der Waals surface area contributed by atoms with Gasteiger partial charge in [0.25, 0.3) is 5.91 Å². The molecule has 0 saturated carbocycles. The van der Waals surface area contributed by atoms with E-state index >= 15 is 0 Å². The maximum absolute atomic E-state index is 12.8. The molecule has 0 aliphatic heterocycles. The Morgan fingerprint density at radius 1 is 1.03 bits per heavy atom. The first-order valence-electron chi connectivity index (χ1n) is 10.2. The SMILES string of the molecule is CCCN(CCC)S(=O)c1ccc(NC(=O)c2cnn(-c3ccccc3)c2C)cc1. The molecule has 1 atom stereocenters. The molecule has 158 valence electrons. The van der Waals surface area contributed by atoms with Crippen LogP contribution < -0.4 is 5.32 Å². The van der Waals surface area contributed by atoms with Crippen molar-refractivity contribution >= 4 is 22.6 Å². The molecule has 0 aliphatic carbocycles. The summed E-state index contributed by atoms with van der Waals surface area (Å²) in [6.07, 6.45) is 3.49. The normalized spacial score (nSPS) is 12.1. The number of carbonyl (C=O) groups is 1. The lowest BCUT2D eigenvalue weighted by Gasteiger charge is -2.19. The summed E-state index contributed by atoms with van der Waals surface area (Å²) in [5.74, 6) is -0.220. The van der Waals surface area contributed by atoms with E-state index in [-0.39, 0.29) is 5.91 Å². The number of hydrogen-bond acceptors (Lipinski definition) is 3. The van der Waals surface area contributed by atoms with E-state index < -0.39 is 11.0 Å². The fourth-order valence-corrected chi connectivity index (χ4v) is 4.60. The van der Waals surface area contributed by atoms with Crippen LogP contribution in [0.25, 0.3) is 5.69 Å². The molecule has 3 aromatic rings. The van der Waals surface area contributed by atoms with Crippen LogP contribution in [-0.2, 0) is 11.0 Å². The smallest absolute Gasteiger partial charge is 0.259 e. The molecule has 0 spiro atoms. The third-order valence-corrected chi connectivity index (χ3v) is 6.26. The Bertz CT molecular complexity index is 994. The number of nitrogens with zero attached hydrogens (tertiary/aromatic N) is 3. The molecule has 30 heavy (non-hydrogen) atoms. The fourth-order valence-electron chi connectivity index (χ4n) is 3.24.